The lowest BCUT2D eigenvalue weighted by Crippen LogP contribution is -2.43. The summed E-state index contributed by atoms with van der Waals surface area (Å²) in [7, 11) is 0. The number of rotatable bonds is 6. The summed E-state index contributed by atoms with van der Waals surface area (Å²) in [4.78, 5) is 24.6. The number of urea groups is 1. The Bertz CT molecular complexity index is 519. The van der Waals surface area contributed by atoms with Crippen molar-refractivity contribution in [3.63, 3.8) is 0 Å². The quantitative estimate of drug-likeness (QED) is 0.669. The van der Waals surface area contributed by atoms with Crippen molar-refractivity contribution in [3.8, 4) is 0 Å². The fraction of sp³-hybridized carbons (Fsp3) is 0.500. The van der Waals surface area contributed by atoms with E-state index in [9.17, 15) is 9.59 Å². The molecule has 2 rings (SSSR count). The van der Waals surface area contributed by atoms with Crippen LogP contribution < -0.4 is 16.0 Å². The fourth-order valence-electron chi connectivity index (χ4n) is 2.55. The van der Waals surface area contributed by atoms with E-state index in [0.29, 0.717) is 19.6 Å². The second kappa shape index (κ2) is 8.38. The van der Waals surface area contributed by atoms with Gasteiger partial charge in [0.25, 0.3) is 0 Å². The van der Waals surface area contributed by atoms with Crippen molar-refractivity contribution in [1.29, 1.82) is 0 Å². The third-order valence-corrected chi connectivity index (χ3v) is 3.71. The van der Waals surface area contributed by atoms with Gasteiger partial charge in [-0.2, -0.15) is 0 Å². The summed E-state index contributed by atoms with van der Waals surface area (Å²) in [6.07, 6.45) is 1.07. The molecule has 1 aliphatic rings. The molecule has 0 fully saturated rings. The van der Waals surface area contributed by atoms with Gasteiger partial charge in [-0.3, -0.25) is 9.69 Å². The van der Waals surface area contributed by atoms with Gasteiger partial charge in [-0.25, -0.2) is 4.79 Å². The Labute approximate surface area is 131 Å². The zero-order chi connectivity index (χ0) is 15.8. The summed E-state index contributed by atoms with van der Waals surface area (Å²) >= 11 is 0. The molecule has 0 saturated heterocycles. The van der Waals surface area contributed by atoms with Crippen molar-refractivity contribution in [2.75, 3.05) is 32.7 Å². The third-order valence-electron chi connectivity index (χ3n) is 3.71. The molecule has 1 aromatic rings. The van der Waals surface area contributed by atoms with Gasteiger partial charge in [-0.15, -0.1) is 0 Å². The van der Waals surface area contributed by atoms with Crippen LogP contribution in [0.15, 0.2) is 24.3 Å². The molecule has 0 saturated carbocycles. The minimum Gasteiger partial charge on any atom is -0.355 e. The van der Waals surface area contributed by atoms with Gasteiger partial charge in [0.05, 0.1) is 0 Å². The largest absolute Gasteiger partial charge is 0.355 e. The minimum atomic E-state index is -0.192. The SMILES string of the molecule is CC(=O)NCCNC(=O)NCCN1CCc2ccccc2C1. The normalized spacial score (nSPS) is 14.0. The smallest absolute Gasteiger partial charge is 0.314 e. The molecule has 1 aliphatic heterocycles. The van der Waals surface area contributed by atoms with Crippen LogP contribution in [-0.4, -0.2) is 49.6 Å². The van der Waals surface area contributed by atoms with E-state index < -0.39 is 0 Å². The molecular weight excluding hydrogens is 280 g/mol. The van der Waals surface area contributed by atoms with Crippen LogP contribution >= 0.6 is 0 Å². The maximum Gasteiger partial charge on any atom is 0.314 e. The highest BCUT2D eigenvalue weighted by molar-refractivity contribution is 5.74. The molecule has 1 heterocycles. The van der Waals surface area contributed by atoms with Gasteiger partial charge in [-0.05, 0) is 17.5 Å². The average Bonchev–Trinajstić information content (AvgIpc) is 2.51. The van der Waals surface area contributed by atoms with Crippen molar-refractivity contribution < 1.29 is 9.59 Å². The minimum absolute atomic E-state index is 0.0902. The van der Waals surface area contributed by atoms with E-state index in [1.165, 1.54) is 18.1 Å². The molecule has 0 aliphatic carbocycles. The standard InChI is InChI=1S/C16H24N4O2/c1-13(21)17-7-8-18-16(22)19-9-11-20-10-6-14-4-2-3-5-15(14)12-20/h2-5H,6-12H2,1H3,(H,17,21)(H2,18,19,22). The summed E-state index contributed by atoms with van der Waals surface area (Å²) in [5.74, 6) is -0.0902. The summed E-state index contributed by atoms with van der Waals surface area (Å²) in [6.45, 7) is 5.78. The average molecular weight is 304 g/mol. The van der Waals surface area contributed by atoms with E-state index >= 15 is 0 Å². The van der Waals surface area contributed by atoms with Crippen LogP contribution in [0.25, 0.3) is 0 Å². The van der Waals surface area contributed by atoms with Crippen LogP contribution in [0.5, 0.6) is 0 Å². The van der Waals surface area contributed by atoms with Gasteiger partial charge in [0.15, 0.2) is 0 Å². The van der Waals surface area contributed by atoms with Crippen molar-refractivity contribution in [2.45, 2.75) is 19.9 Å². The van der Waals surface area contributed by atoms with E-state index in [1.54, 1.807) is 0 Å². The number of benzene rings is 1. The Morgan fingerprint density at radius 2 is 1.73 bits per heavy atom. The maximum atomic E-state index is 11.6. The molecule has 22 heavy (non-hydrogen) atoms. The van der Waals surface area contributed by atoms with Crippen LogP contribution in [0.3, 0.4) is 0 Å². The molecule has 0 bridgehead atoms. The highest BCUT2D eigenvalue weighted by atomic mass is 16.2. The zero-order valence-electron chi connectivity index (χ0n) is 13.0. The molecule has 0 aromatic heterocycles. The number of hydrogen-bond donors (Lipinski definition) is 3. The molecule has 6 nitrogen and oxygen atoms in total. The van der Waals surface area contributed by atoms with E-state index in [4.69, 9.17) is 0 Å². The predicted molar refractivity (Wildman–Crippen MR) is 85.5 cm³/mol. The number of fused-ring (bicyclic) bond motifs is 1. The predicted octanol–water partition coefficient (Wildman–Crippen LogP) is 0.480. The topological polar surface area (TPSA) is 73.5 Å². The molecule has 6 heteroatoms. The van der Waals surface area contributed by atoms with E-state index in [2.05, 4.69) is 45.1 Å². The Morgan fingerprint density at radius 3 is 2.50 bits per heavy atom. The van der Waals surface area contributed by atoms with Gasteiger partial charge in [0, 0.05) is 46.2 Å². The van der Waals surface area contributed by atoms with Crippen LogP contribution in [0, 0.1) is 0 Å². The first-order chi connectivity index (χ1) is 10.6. The summed E-state index contributed by atoms with van der Waals surface area (Å²) in [6, 6.07) is 8.32. The maximum absolute atomic E-state index is 11.6. The first kappa shape index (κ1) is 16.3. The Hall–Kier alpha value is -2.08. The van der Waals surface area contributed by atoms with Gasteiger partial charge < -0.3 is 16.0 Å². The molecule has 0 radical (unpaired) electrons. The van der Waals surface area contributed by atoms with Crippen LogP contribution in [0.1, 0.15) is 18.1 Å². The first-order valence-electron chi connectivity index (χ1n) is 7.70. The monoisotopic (exact) mass is 304 g/mol. The highest BCUT2D eigenvalue weighted by Gasteiger charge is 2.15. The fourth-order valence-corrected chi connectivity index (χ4v) is 2.55. The lowest BCUT2D eigenvalue weighted by Gasteiger charge is -2.28. The Kier molecular flexibility index (Phi) is 6.21. The van der Waals surface area contributed by atoms with Gasteiger partial charge >= 0.3 is 6.03 Å². The Morgan fingerprint density at radius 1 is 1.05 bits per heavy atom. The van der Waals surface area contributed by atoms with E-state index in [0.717, 1.165) is 26.1 Å². The first-order valence-corrected chi connectivity index (χ1v) is 7.70. The van der Waals surface area contributed by atoms with Gasteiger partial charge in [0.1, 0.15) is 0 Å². The highest BCUT2D eigenvalue weighted by Crippen LogP contribution is 2.17. The third kappa shape index (κ3) is 5.37. The van der Waals surface area contributed by atoms with E-state index in [1.807, 2.05) is 0 Å². The van der Waals surface area contributed by atoms with Crippen LogP contribution in [-0.2, 0) is 17.8 Å². The molecule has 0 unspecified atom stereocenters. The number of nitrogens with zero attached hydrogens (tertiary/aromatic N) is 1. The number of amides is 3. The molecular formula is C16H24N4O2. The summed E-state index contributed by atoms with van der Waals surface area (Å²) < 4.78 is 0. The molecule has 0 spiro atoms. The van der Waals surface area contributed by atoms with E-state index in [-0.39, 0.29) is 11.9 Å². The number of carbonyl (C=O) groups excluding carboxylic acids is 2. The van der Waals surface area contributed by atoms with Crippen molar-refractivity contribution in [2.24, 2.45) is 0 Å². The molecule has 120 valence electrons. The number of nitrogens with one attached hydrogen (secondary N) is 3. The van der Waals surface area contributed by atoms with Crippen molar-refractivity contribution in [1.82, 2.24) is 20.9 Å². The van der Waals surface area contributed by atoms with Crippen molar-refractivity contribution in [3.05, 3.63) is 35.4 Å². The lowest BCUT2D eigenvalue weighted by molar-refractivity contribution is -0.118. The van der Waals surface area contributed by atoms with Gasteiger partial charge in [-0.1, -0.05) is 24.3 Å². The zero-order valence-corrected chi connectivity index (χ0v) is 13.0. The molecule has 3 N–H and O–H groups in total. The molecule has 0 atom stereocenters. The lowest BCUT2D eigenvalue weighted by atomic mass is 10.00. The van der Waals surface area contributed by atoms with Crippen molar-refractivity contribution >= 4 is 11.9 Å². The summed E-state index contributed by atoms with van der Waals surface area (Å²) in [5, 5.41) is 8.17. The van der Waals surface area contributed by atoms with Crippen LogP contribution in [0.4, 0.5) is 4.79 Å². The summed E-state index contributed by atoms with van der Waals surface area (Å²) in [5.41, 5.74) is 2.82. The number of hydrogen-bond acceptors (Lipinski definition) is 3. The molecule has 3 amide bonds. The second-order valence-corrected chi connectivity index (χ2v) is 5.46. The second-order valence-electron chi connectivity index (χ2n) is 5.46. The Balaban J connectivity index is 1.59. The number of carbonyl (C=O) groups is 2. The molecule has 1 aromatic carbocycles. The van der Waals surface area contributed by atoms with Crippen LogP contribution in [0.2, 0.25) is 0 Å². The van der Waals surface area contributed by atoms with Gasteiger partial charge in [0.2, 0.25) is 5.91 Å².